The number of carboxylic acid groups (broad SMARTS) is 1. The first-order valence-electron chi connectivity index (χ1n) is 6.48. The summed E-state index contributed by atoms with van der Waals surface area (Å²) >= 11 is 0. The lowest BCUT2D eigenvalue weighted by Crippen LogP contribution is -2.33. The predicted octanol–water partition coefficient (Wildman–Crippen LogP) is 0.942. The maximum absolute atomic E-state index is 10.8. The molecular weight excluding hydrogens is 246 g/mol. The van der Waals surface area contributed by atoms with Gasteiger partial charge in [-0.25, -0.2) is 4.79 Å². The third-order valence-corrected chi connectivity index (χ3v) is 3.36. The second-order valence-corrected chi connectivity index (χ2v) is 4.72. The number of aliphatic hydroxyl groups excluding tert-OH is 1. The van der Waals surface area contributed by atoms with Gasteiger partial charge in [0.15, 0.2) is 6.10 Å². The molecule has 5 nitrogen and oxygen atoms in total. The quantitative estimate of drug-likeness (QED) is 0.713. The molecule has 3 N–H and O–H groups in total. The van der Waals surface area contributed by atoms with Crippen molar-refractivity contribution in [2.24, 2.45) is 0 Å². The predicted molar refractivity (Wildman–Crippen MR) is 69.8 cm³/mol. The molecule has 2 rings (SSSR count). The van der Waals surface area contributed by atoms with Crippen molar-refractivity contribution in [3.05, 3.63) is 35.9 Å². The standard InChI is InChI=1S/C14H19NO4/c16-9-12(10-4-2-1-3-5-10)15-8-11-6-7-13(19-11)14(17)18/h1-5,11-13,15-16H,6-9H2,(H,17,18). The third kappa shape index (κ3) is 3.76. The van der Waals surface area contributed by atoms with Crippen molar-refractivity contribution in [3.8, 4) is 0 Å². The van der Waals surface area contributed by atoms with Crippen LogP contribution in [0.1, 0.15) is 24.4 Å². The van der Waals surface area contributed by atoms with Crippen LogP contribution in [0.4, 0.5) is 0 Å². The number of carboxylic acids is 1. The molecule has 0 spiro atoms. The van der Waals surface area contributed by atoms with Crippen LogP contribution in [0.3, 0.4) is 0 Å². The molecule has 1 saturated heterocycles. The molecule has 0 amide bonds. The Morgan fingerprint density at radius 3 is 2.68 bits per heavy atom. The Morgan fingerprint density at radius 2 is 2.11 bits per heavy atom. The van der Waals surface area contributed by atoms with Crippen LogP contribution in [0, 0.1) is 0 Å². The molecule has 1 aromatic rings. The Balaban J connectivity index is 1.83. The summed E-state index contributed by atoms with van der Waals surface area (Å²) in [6, 6.07) is 9.52. The fourth-order valence-electron chi connectivity index (χ4n) is 2.28. The highest BCUT2D eigenvalue weighted by molar-refractivity contribution is 5.72. The topological polar surface area (TPSA) is 78.8 Å². The minimum atomic E-state index is -0.899. The fraction of sp³-hybridized carbons (Fsp3) is 0.500. The van der Waals surface area contributed by atoms with Crippen LogP contribution in [0.25, 0.3) is 0 Å². The van der Waals surface area contributed by atoms with Gasteiger partial charge in [-0.2, -0.15) is 0 Å². The molecule has 0 aromatic heterocycles. The highest BCUT2D eigenvalue weighted by Crippen LogP contribution is 2.20. The van der Waals surface area contributed by atoms with Gasteiger partial charge in [0.25, 0.3) is 0 Å². The Bertz CT molecular complexity index is 409. The van der Waals surface area contributed by atoms with Gasteiger partial charge < -0.3 is 20.3 Å². The highest BCUT2D eigenvalue weighted by Gasteiger charge is 2.30. The molecular formula is C14H19NO4. The normalized spacial score (nSPS) is 24.3. The van der Waals surface area contributed by atoms with E-state index in [0.29, 0.717) is 13.0 Å². The molecule has 104 valence electrons. The van der Waals surface area contributed by atoms with Gasteiger partial charge in [-0.1, -0.05) is 30.3 Å². The number of ether oxygens (including phenoxy) is 1. The molecule has 0 aliphatic carbocycles. The van der Waals surface area contributed by atoms with Crippen LogP contribution in [-0.2, 0) is 9.53 Å². The number of aliphatic hydroxyl groups is 1. The van der Waals surface area contributed by atoms with Crippen molar-refractivity contribution in [3.63, 3.8) is 0 Å². The summed E-state index contributed by atoms with van der Waals surface area (Å²) in [5.41, 5.74) is 1.01. The maximum Gasteiger partial charge on any atom is 0.332 e. The van der Waals surface area contributed by atoms with Crippen molar-refractivity contribution < 1.29 is 19.7 Å². The van der Waals surface area contributed by atoms with Crippen LogP contribution < -0.4 is 5.32 Å². The van der Waals surface area contributed by atoms with Gasteiger partial charge in [0.1, 0.15) is 0 Å². The summed E-state index contributed by atoms with van der Waals surface area (Å²) in [6.45, 7) is 0.545. The van der Waals surface area contributed by atoms with Crippen molar-refractivity contribution in [1.29, 1.82) is 0 Å². The van der Waals surface area contributed by atoms with E-state index in [1.54, 1.807) is 0 Å². The minimum absolute atomic E-state index is 0.000900. The average molecular weight is 265 g/mol. The van der Waals surface area contributed by atoms with Crippen LogP contribution >= 0.6 is 0 Å². The summed E-state index contributed by atoms with van der Waals surface area (Å²) in [6.07, 6.45) is 0.503. The first-order valence-corrected chi connectivity index (χ1v) is 6.48. The molecule has 0 bridgehead atoms. The number of hydrogen-bond donors (Lipinski definition) is 3. The van der Waals surface area contributed by atoms with Gasteiger partial charge in [0, 0.05) is 6.54 Å². The average Bonchev–Trinajstić information content (AvgIpc) is 2.90. The number of rotatable bonds is 6. The number of nitrogens with one attached hydrogen (secondary N) is 1. The molecule has 1 aromatic carbocycles. The summed E-state index contributed by atoms with van der Waals surface area (Å²) in [4.78, 5) is 10.8. The molecule has 19 heavy (non-hydrogen) atoms. The molecule has 0 radical (unpaired) electrons. The van der Waals surface area contributed by atoms with Crippen molar-refractivity contribution in [2.75, 3.05) is 13.2 Å². The van der Waals surface area contributed by atoms with E-state index in [-0.39, 0.29) is 18.8 Å². The highest BCUT2D eigenvalue weighted by atomic mass is 16.5. The second-order valence-electron chi connectivity index (χ2n) is 4.72. The van der Waals surface area contributed by atoms with E-state index in [2.05, 4.69) is 5.32 Å². The Morgan fingerprint density at radius 1 is 1.37 bits per heavy atom. The van der Waals surface area contributed by atoms with Gasteiger partial charge in [-0.05, 0) is 18.4 Å². The molecule has 5 heteroatoms. The summed E-state index contributed by atoms with van der Waals surface area (Å²) in [7, 11) is 0. The van der Waals surface area contributed by atoms with E-state index in [4.69, 9.17) is 9.84 Å². The van der Waals surface area contributed by atoms with Gasteiger partial charge in [0.05, 0.1) is 18.8 Å². The van der Waals surface area contributed by atoms with E-state index < -0.39 is 12.1 Å². The van der Waals surface area contributed by atoms with Gasteiger partial charge in [-0.15, -0.1) is 0 Å². The Kier molecular flexibility index (Phi) is 4.90. The molecule has 0 saturated carbocycles. The third-order valence-electron chi connectivity index (χ3n) is 3.36. The lowest BCUT2D eigenvalue weighted by Gasteiger charge is -2.19. The largest absolute Gasteiger partial charge is 0.479 e. The molecule has 1 aliphatic heterocycles. The fourth-order valence-corrected chi connectivity index (χ4v) is 2.28. The molecule has 1 heterocycles. The zero-order chi connectivity index (χ0) is 13.7. The van der Waals surface area contributed by atoms with E-state index in [9.17, 15) is 9.90 Å². The van der Waals surface area contributed by atoms with Gasteiger partial charge in [-0.3, -0.25) is 0 Å². The smallest absolute Gasteiger partial charge is 0.332 e. The monoisotopic (exact) mass is 265 g/mol. The Hall–Kier alpha value is -1.43. The van der Waals surface area contributed by atoms with Crippen LogP contribution in [-0.4, -0.2) is 41.5 Å². The molecule has 3 unspecified atom stereocenters. The number of carbonyl (C=O) groups is 1. The Labute approximate surface area is 112 Å². The summed E-state index contributed by atoms with van der Waals surface area (Å²) in [5.74, 6) is -0.899. The van der Waals surface area contributed by atoms with Crippen LogP contribution in [0.5, 0.6) is 0 Å². The maximum atomic E-state index is 10.8. The first kappa shape index (κ1) is 14.0. The minimum Gasteiger partial charge on any atom is -0.479 e. The van der Waals surface area contributed by atoms with E-state index >= 15 is 0 Å². The number of hydrogen-bond acceptors (Lipinski definition) is 4. The molecule has 1 aliphatic rings. The number of aliphatic carboxylic acids is 1. The van der Waals surface area contributed by atoms with E-state index in [1.807, 2.05) is 30.3 Å². The summed E-state index contributed by atoms with van der Waals surface area (Å²) < 4.78 is 5.41. The van der Waals surface area contributed by atoms with E-state index in [1.165, 1.54) is 0 Å². The second kappa shape index (κ2) is 6.65. The van der Waals surface area contributed by atoms with Crippen LogP contribution in [0.2, 0.25) is 0 Å². The lowest BCUT2D eigenvalue weighted by atomic mass is 10.1. The van der Waals surface area contributed by atoms with Crippen molar-refractivity contribution >= 4 is 5.97 Å². The van der Waals surface area contributed by atoms with Gasteiger partial charge in [0.2, 0.25) is 0 Å². The van der Waals surface area contributed by atoms with Gasteiger partial charge >= 0.3 is 5.97 Å². The number of benzene rings is 1. The summed E-state index contributed by atoms with van der Waals surface area (Å²) in [5, 5.41) is 21.5. The zero-order valence-corrected chi connectivity index (χ0v) is 10.7. The first-order chi connectivity index (χ1) is 9.20. The zero-order valence-electron chi connectivity index (χ0n) is 10.7. The van der Waals surface area contributed by atoms with E-state index in [0.717, 1.165) is 12.0 Å². The SMILES string of the molecule is O=C(O)C1CCC(CNC(CO)c2ccccc2)O1. The van der Waals surface area contributed by atoms with Crippen LogP contribution in [0.15, 0.2) is 30.3 Å². The lowest BCUT2D eigenvalue weighted by molar-refractivity contribution is -0.149. The van der Waals surface area contributed by atoms with Crippen molar-refractivity contribution in [1.82, 2.24) is 5.32 Å². The molecule has 1 fully saturated rings. The molecule has 3 atom stereocenters. The van der Waals surface area contributed by atoms with Crippen molar-refractivity contribution in [2.45, 2.75) is 31.1 Å².